The zero-order valence-electron chi connectivity index (χ0n) is 18.3. The molecule has 4 heterocycles. The van der Waals surface area contributed by atoms with Crippen LogP contribution in [0.3, 0.4) is 0 Å². The number of anilines is 1. The molecule has 0 bridgehead atoms. The first-order valence-electron chi connectivity index (χ1n) is 10.9. The molecule has 2 aliphatic rings. The molecule has 0 atom stereocenters. The molecule has 1 amide bonds. The molecule has 2 aromatic rings. The van der Waals surface area contributed by atoms with Gasteiger partial charge < -0.3 is 4.90 Å². The molecule has 0 aliphatic carbocycles. The van der Waals surface area contributed by atoms with Gasteiger partial charge in [-0.15, -0.1) is 0 Å². The molecule has 0 radical (unpaired) electrons. The molecular formula is C23H28N4O2S2. The van der Waals surface area contributed by atoms with Crippen LogP contribution in [0.5, 0.6) is 0 Å². The number of carbonyl (C=O) groups excluding carboxylic acids is 1. The van der Waals surface area contributed by atoms with E-state index in [9.17, 15) is 9.59 Å². The van der Waals surface area contributed by atoms with Crippen LogP contribution < -0.4 is 10.5 Å². The minimum absolute atomic E-state index is 0.115. The Hall–Kier alpha value is -2.19. The lowest BCUT2D eigenvalue weighted by Gasteiger charge is -2.32. The number of thioether (sulfide) groups is 1. The van der Waals surface area contributed by atoms with Crippen molar-refractivity contribution in [1.29, 1.82) is 0 Å². The minimum atomic E-state index is -0.152. The van der Waals surface area contributed by atoms with Gasteiger partial charge >= 0.3 is 0 Å². The lowest BCUT2D eigenvalue weighted by Crippen LogP contribution is -2.36. The molecule has 31 heavy (non-hydrogen) atoms. The predicted octanol–water partition coefficient (Wildman–Crippen LogP) is 4.24. The van der Waals surface area contributed by atoms with Crippen LogP contribution in [0.25, 0.3) is 11.7 Å². The molecule has 0 saturated carbocycles. The summed E-state index contributed by atoms with van der Waals surface area (Å²) in [7, 11) is 0. The Balaban J connectivity index is 1.82. The molecule has 2 aliphatic heterocycles. The van der Waals surface area contributed by atoms with Crippen LogP contribution in [-0.2, 0) is 4.79 Å². The number of piperidine rings is 1. The molecular weight excluding hydrogens is 428 g/mol. The maximum atomic E-state index is 13.5. The van der Waals surface area contributed by atoms with E-state index in [1.54, 1.807) is 21.6 Å². The number of aryl methyl sites for hydroxylation is 1. The molecule has 2 saturated heterocycles. The maximum absolute atomic E-state index is 13.5. The van der Waals surface area contributed by atoms with Crippen molar-refractivity contribution in [3.8, 4) is 0 Å². The quantitative estimate of drug-likeness (QED) is 0.495. The summed E-state index contributed by atoms with van der Waals surface area (Å²) in [6, 6.07) is 3.84. The monoisotopic (exact) mass is 456 g/mol. The fourth-order valence-corrected chi connectivity index (χ4v) is 5.27. The van der Waals surface area contributed by atoms with Crippen molar-refractivity contribution in [2.45, 2.75) is 46.5 Å². The van der Waals surface area contributed by atoms with E-state index in [1.165, 1.54) is 11.8 Å². The van der Waals surface area contributed by atoms with Gasteiger partial charge in [0.1, 0.15) is 15.8 Å². The second-order valence-corrected chi connectivity index (χ2v) is 10.1. The zero-order chi connectivity index (χ0) is 22.1. The normalized spacial score (nSPS) is 19.3. The van der Waals surface area contributed by atoms with Gasteiger partial charge in [0.05, 0.1) is 10.5 Å². The highest BCUT2D eigenvalue weighted by Crippen LogP contribution is 2.34. The van der Waals surface area contributed by atoms with Crippen molar-refractivity contribution in [3.63, 3.8) is 0 Å². The standard InChI is InChI=1S/C23H28N4O2S2/c1-4-5-10-26-22(29)18(31-23(26)30)13-17-20(25-11-8-15(2)9-12-25)24-19-7-6-16(3)14-27(19)21(17)28/h6-7,13-15H,4-5,8-12H2,1-3H3. The molecule has 0 spiro atoms. The Morgan fingerprint density at radius 2 is 2.00 bits per heavy atom. The topological polar surface area (TPSA) is 57.9 Å². The van der Waals surface area contributed by atoms with E-state index in [4.69, 9.17) is 17.2 Å². The Morgan fingerprint density at radius 1 is 1.26 bits per heavy atom. The van der Waals surface area contributed by atoms with Crippen molar-refractivity contribution < 1.29 is 4.79 Å². The first-order chi connectivity index (χ1) is 14.9. The van der Waals surface area contributed by atoms with Gasteiger partial charge in [-0.3, -0.25) is 18.9 Å². The van der Waals surface area contributed by atoms with Crippen LogP contribution in [0.15, 0.2) is 28.0 Å². The van der Waals surface area contributed by atoms with Crippen LogP contribution in [0.4, 0.5) is 5.82 Å². The first kappa shape index (κ1) is 22.0. The third kappa shape index (κ3) is 4.41. The van der Waals surface area contributed by atoms with Crippen molar-refractivity contribution in [2.24, 2.45) is 5.92 Å². The zero-order valence-corrected chi connectivity index (χ0v) is 19.9. The number of thiocarbonyl (C=S) groups is 1. The molecule has 164 valence electrons. The van der Waals surface area contributed by atoms with E-state index in [-0.39, 0.29) is 11.5 Å². The molecule has 0 unspecified atom stereocenters. The smallest absolute Gasteiger partial charge is 0.267 e. The third-order valence-electron chi connectivity index (χ3n) is 5.95. The number of nitrogens with zero attached hydrogens (tertiary/aromatic N) is 4. The van der Waals surface area contributed by atoms with Gasteiger partial charge in [0.2, 0.25) is 0 Å². The van der Waals surface area contributed by atoms with Gasteiger partial charge in [0.25, 0.3) is 11.5 Å². The van der Waals surface area contributed by atoms with Gasteiger partial charge in [0, 0.05) is 25.8 Å². The third-order valence-corrected chi connectivity index (χ3v) is 7.33. The second-order valence-electron chi connectivity index (χ2n) is 8.45. The van der Waals surface area contributed by atoms with Crippen LogP contribution >= 0.6 is 24.0 Å². The lowest BCUT2D eigenvalue weighted by molar-refractivity contribution is -0.122. The van der Waals surface area contributed by atoms with E-state index in [2.05, 4.69) is 18.7 Å². The number of rotatable bonds is 5. The second kappa shape index (κ2) is 9.12. The van der Waals surface area contributed by atoms with Gasteiger partial charge in [-0.05, 0) is 49.8 Å². The van der Waals surface area contributed by atoms with E-state index in [0.29, 0.717) is 38.7 Å². The molecule has 0 N–H and O–H groups in total. The first-order valence-corrected chi connectivity index (χ1v) is 12.1. The largest absolute Gasteiger partial charge is 0.356 e. The van der Waals surface area contributed by atoms with Crippen molar-refractivity contribution >= 4 is 51.7 Å². The summed E-state index contributed by atoms with van der Waals surface area (Å²) in [5.41, 5.74) is 1.92. The van der Waals surface area contributed by atoms with Gasteiger partial charge in [0.15, 0.2) is 0 Å². The summed E-state index contributed by atoms with van der Waals surface area (Å²) in [5.74, 6) is 1.22. The summed E-state index contributed by atoms with van der Waals surface area (Å²) < 4.78 is 2.14. The summed E-state index contributed by atoms with van der Waals surface area (Å²) in [5, 5.41) is 0. The van der Waals surface area contributed by atoms with Gasteiger partial charge in [-0.1, -0.05) is 50.3 Å². The number of pyridine rings is 1. The van der Waals surface area contributed by atoms with E-state index in [1.807, 2.05) is 19.1 Å². The number of unbranched alkanes of at least 4 members (excludes halogenated alkanes) is 1. The number of carbonyl (C=O) groups is 1. The Labute approximate surface area is 192 Å². The van der Waals surface area contributed by atoms with Crippen LogP contribution in [0.1, 0.15) is 50.7 Å². The van der Waals surface area contributed by atoms with Gasteiger partial charge in [-0.25, -0.2) is 4.98 Å². The molecule has 0 aromatic carbocycles. The highest BCUT2D eigenvalue weighted by atomic mass is 32.2. The maximum Gasteiger partial charge on any atom is 0.267 e. The Morgan fingerprint density at radius 3 is 2.71 bits per heavy atom. The average Bonchev–Trinajstić information content (AvgIpc) is 3.02. The Bertz CT molecular complexity index is 1120. The minimum Gasteiger partial charge on any atom is -0.356 e. The SMILES string of the molecule is CCCCN1C(=O)C(=Cc2c(N3CCC(C)CC3)nc3ccc(C)cn3c2=O)SC1=S. The summed E-state index contributed by atoms with van der Waals surface area (Å²) in [4.78, 5) is 35.7. The van der Waals surface area contributed by atoms with Crippen molar-refractivity contribution in [2.75, 3.05) is 24.5 Å². The molecule has 8 heteroatoms. The number of fused-ring (bicyclic) bond motifs is 1. The Kier molecular flexibility index (Phi) is 6.48. The molecule has 2 fully saturated rings. The van der Waals surface area contributed by atoms with Crippen LogP contribution in [0.2, 0.25) is 0 Å². The van der Waals surface area contributed by atoms with Crippen molar-refractivity contribution in [3.05, 3.63) is 44.7 Å². The van der Waals surface area contributed by atoms with Crippen LogP contribution in [0, 0.1) is 12.8 Å². The lowest BCUT2D eigenvalue weighted by atomic mass is 9.99. The number of amides is 1. The predicted molar refractivity (Wildman–Crippen MR) is 132 cm³/mol. The van der Waals surface area contributed by atoms with E-state index in [0.717, 1.165) is 44.3 Å². The molecule has 4 rings (SSSR count). The van der Waals surface area contributed by atoms with Crippen LogP contribution in [-0.4, -0.2) is 44.1 Å². The number of hydrogen-bond donors (Lipinski definition) is 0. The average molecular weight is 457 g/mol. The number of aromatic nitrogens is 2. The summed E-state index contributed by atoms with van der Waals surface area (Å²) >= 11 is 6.71. The molecule has 2 aromatic heterocycles. The van der Waals surface area contributed by atoms with E-state index < -0.39 is 0 Å². The number of hydrogen-bond acceptors (Lipinski definition) is 6. The summed E-state index contributed by atoms with van der Waals surface area (Å²) in [6.45, 7) is 8.62. The molecule has 6 nitrogen and oxygen atoms in total. The highest BCUT2D eigenvalue weighted by molar-refractivity contribution is 8.26. The van der Waals surface area contributed by atoms with Crippen molar-refractivity contribution in [1.82, 2.24) is 14.3 Å². The summed E-state index contributed by atoms with van der Waals surface area (Å²) in [6.07, 6.45) is 7.53. The fourth-order valence-electron chi connectivity index (χ4n) is 3.97. The fraction of sp³-hybridized carbons (Fsp3) is 0.478. The highest BCUT2D eigenvalue weighted by Gasteiger charge is 2.32. The van der Waals surface area contributed by atoms with Gasteiger partial charge in [-0.2, -0.15) is 0 Å². The van der Waals surface area contributed by atoms with E-state index >= 15 is 0 Å².